The molecule has 3 heteroatoms. The Labute approximate surface area is 433 Å². The molecule has 0 saturated heterocycles. The highest BCUT2D eigenvalue weighted by Gasteiger charge is 2.41. The van der Waals surface area contributed by atoms with Crippen molar-refractivity contribution in [2.24, 2.45) is 0 Å². The van der Waals surface area contributed by atoms with Gasteiger partial charge in [0.25, 0.3) is 0 Å². The fourth-order valence-electron chi connectivity index (χ4n) is 10.6. The van der Waals surface area contributed by atoms with Gasteiger partial charge in [-0.05, 0) is 159 Å². The number of rotatable bonds is 4. The molecule has 0 bridgehead atoms. The predicted octanol–water partition coefficient (Wildman–Crippen LogP) is 20.3. The van der Waals surface area contributed by atoms with Crippen molar-refractivity contribution in [1.29, 1.82) is 0 Å². The van der Waals surface area contributed by atoms with Crippen LogP contribution >= 0.6 is 8.69 Å². The molecule has 1 N–H and O–H groups in total. The van der Waals surface area contributed by atoms with Gasteiger partial charge < -0.3 is 0 Å². The van der Waals surface area contributed by atoms with Crippen LogP contribution in [-0.2, 0) is 47.9 Å². The van der Waals surface area contributed by atoms with Gasteiger partial charge in [-0.25, -0.2) is 0 Å². The van der Waals surface area contributed by atoms with Gasteiger partial charge in [0.05, 0.1) is 0 Å². The summed E-state index contributed by atoms with van der Waals surface area (Å²) < 4.78 is 8.51. The van der Waals surface area contributed by atoms with Gasteiger partial charge in [-0.3, -0.25) is 0 Å². The van der Waals surface area contributed by atoms with E-state index < -0.39 is 8.69 Å². The largest absolute Gasteiger partial charge is 0.491 e. The van der Waals surface area contributed by atoms with Crippen molar-refractivity contribution in [3.8, 4) is 66.8 Å². The van der Waals surface area contributed by atoms with E-state index in [1.165, 1.54) is 111 Å². The number of fused-ring (bicyclic) bond motifs is 4. The first-order valence-electron chi connectivity index (χ1n) is 26.2. The average molecular weight is 970 g/mol. The Kier molecular flexibility index (Phi) is 14.7. The first kappa shape index (κ1) is 55.7. The summed E-state index contributed by atoms with van der Waals surface area (Å²) in [5.74, 6) is 0. The fourth-order valence-corrected chi connectivity index (χ4v) is 10.6. The van der Waals surface area contributed by atoms with E-state index in [0.29, 0.717) is 0 Å². The third kappa shape index (κ3) is 11.0. The summed E-state index contributed by atoms with van der Waals surface area (Å²) in [6.45, 7) is 57.4. The molecule has 0 fully saturated rings. The Morgan fingerprint density at radius 1 is 0.268 bits per heavy atom. The van der Waals surface area contributed by atoms with Gasteiger partial charge in [0.15, 0.2) is 0 Å². The molecule has 0 aliphatic heterocycles. The second-order valence-corrected chi connectivity index (χ2v) is 29.1. The zero-order chi connectivity index (χ0) is 53.6. The van der Waals surface area contributed by atoms with Crippen LogP contribution in [0.1, 0.15) is 211 Å². The Morgan fingerprint density at radius 3 is 0.592 bits per heavy atom. The standard InChI is InChI=1S/C68H88.HO2P/c1-61(2,3)41-29-33-47(51(37-41)65(13,14)15)57-55-45-27-25-26-28-46(45)56(55)58(48-34-30-42(62(4,5)6)38-52(48)66(16,17)18)60(50-36-32-44(64(10,11)12)40-54(50)68(22,23)24)59(57)49-35-31-43(63(7,8)9)39-53(49)67(19,20)21;1-3-2/h25-40H,1-24H3;3H/p+1. The van der Waals surface area contributed by atoms with Crippen molar-refractivity contribution in [3.05, 3.63) is 142 Å². The van der Waals surface area contributed by atoms with Crippen molar-refractivity contribution in [2.45, 2.75) is 209 Å². The van der Waals surface area contributed by atoms with E-state index >= 15 is 0 Å². The molecule has 0 amide bonds. The lowest BCUT2D eigenvalue weighted by Gasteiger charge is -2.40. The maximum atomic E-state index is 8.51. The third-order valence-corrected chi connectivity index (χ3v) is 14.8. The number of benzene rings is 6. The summed E-state index contributed by atoms with van der Waals surface area (Å²) in [7, 11) is -1.17. The molecule has 1 atom stereocenters. The van der Waals surface area contributed by atoms with Crippen molar-refractivity contribution in [3.63, 3.8) is 0 Å². The molecule has 0 radical (unpaired) electrons. The minimum absolute atomic E-state index is 0.00475. The first-order chi connectivity index (χ1) is 32.2. The van der Waals surface area contributed by atoms with E-state index in [2.05, 4.69) is 263 Å². The van der Waals surface area contributed by atoms with E-state index in [-0.39, 0.29) is 43.3 Å². The topological polar surface area (TPSA) is 37.3 Å². The maximum absolute atomic E-state index is 8.51. The molecular formula is C68H90O2P+. The summed E-state index contributed by atoms with van der Waals surface area (Å²) in [5, 5.41) is 0. The van der Waals surface area contributed by atoms with E-state index in [0.717, 1.165) is 0 Å². The van der Waals surface area contributed by atoms with E-state index in [1.54, 1.807) is 0 Å². The highest BCUT2D eigenvalue weighted by Crippen LogP contribution is 2.65. The van der Waals surface area contributed by atoms with Gasteiger partial charge in [-0.15, -0.1) is 0 Å². The van der Waals surface area contributed by atoms with Crippen molar-refractivity contribution >= 4 is 8.69 Å². The predicted molar refractivity (Wildman–Crippen MR) is 313 cm³/mol. The molecule has 71 heavy (non-hydrogen) atoms. The highest BCUT2D eigenvalue weighted by atomic mass is 31.1. The van der Waals surface area contributed by atoms with Crippen molar-refractivity contribution < 1.29 is 9.46 Å². The molecule has 6 aromatic rings. The van der Waals surface area contributed by atoms with Crippen LogP contribution < -0.4 is 0 Å². The van der Waals surface area contributed by atoms with Crippen LogP contribution in [0.2, 0.25) is 0 Å². The summed E-state index contributed by atoms with van der Waals surface area (Å²) >= 11 is 0. The van der Waals surface area contributed by atoms with Gasteiger partial charge >= 0.3 is 8.69 Å². The Balaban J connectivity index is 0.00000268. The van der Waals surface area contributed by atoms with Gasteiger partial charge in [0.2, 0.25) is 0 Å². The van der Waals surface area contributed by atoms with E-state index in [1.807, 2.05) is 0 Å². The minimum Gasteiger partial charge on any atom is -0.162 e. The zero-order valence-corrected chi connectivity index (χ0v) is 49.6. The summed E-state index contributed by atoms with van der Waals surface area (Å²) in [6, 6.07) is 39.4. The fraction of sp³-hybridized carbons (Fsp3) is 0.471. The van der Waals surface area contributed by atoms with Crippen LogP contribution in [0.25, 0.3) is 66.8 Å². The average Bonchev–Trinajstić information content (AvgIpc) is 3.21. The van der Waals surface area contributed by atoms with Crippen LogP contribution in [0, 0.1) is 0 Å². The smallest absolute Gasteiger partial charge is 0.162 e. The van der Waals surface area contributed by atoms with Gasteiger partial charge in [0, 0.05) is 0 Å². The molecule has 0 aromatic heterocycles. The Bertz CT molecular complexity index is 2790. The van der Waals surface area contributed by atoms with E-state index in [9.17, 15) is 0 Å². The Morgan fingerprint density at radius 2 is 0.437 bits per heavy atom. The summed E-state index contributed by atoms with van der Waals surface area (Å²) in [4.78, 5) is 7.04. The first-order valence-corrected chi connectivity index (χ1v) is 27.1. The third-order valence-electron chi connectivity index (χ3n) is 14.8. The van der Waals surface area contributed by atoms with Crippen molar-refractivity contribution in [2.75, 3.05) is 0 Å². The van der Waals surface area contributed by atoms with Crippen LogP contribution in [-0.4, -0.2) is 4.89 Å². The van der Waals surface area contributed by atoms with Crippen LogP contribution in [0.4, 0.5) is 0 Å². The van der Waals surface area contributed by atoms with Gasteiger partial charge in [0.1, 0.15) is 0 Å². The Hall–Kier alpha value is -4.62. The van der Waals surface area contributed by atoms with E-state index in [4.69, 9.17) is 9.46 Å². The lowest BCUT2D eigenvalue weighted by Crippen LogP contribution is -2.21. The molecule has 6 aromatic carbocycles. The molecule has 2 nitrogen and oxygen atoms in total. The minimum atomic E-state index is -1.17. The molecular weight excluding hydrogens is 880 g/mol. The zero-order valence-electron chi connectivity index (χ0n) is 48.6. The van der Waals surface area contributed by atoms with Crippen LogP contribution in [0.15, 0.2) is 97.1 Å². The molecule has 1 aliphatic carbocycles. The lowest BCUT2D eigenvalue weighted by molar-refractivity contribution is 0.524. The number of hydrogen-bond acceptors (Lipinski definition) is 1. The molecule has 1 aliphatic rings. The SMILES string of the molecule is CC(C)(C)c1ccc(-c2c3c(c(-c4ccc(C(C)(C)C)cc4C(C)(C)C)c(-c4ccc(C(C)(C)C)cc4C(C)(C)C)c2-c2ccc(C(C)(C)C)cc2C(C)(C)C)-c2ccccc2-3)c(C(C)(C)C)c1.O=[PH+]O. The van der Waals surface area contributed by atoms with Gasteiger partial charge in [-0.1, -0.05) is 263 Å². The quantitative estimate of drug-likeness (QED) is 0.179. The second-order valence-electron chi connectivity index (χ2n) is 28.9. The summed E-state index contributed by atoms with van der Waals surface area (Å²) in [5.41, 5.74) is 26.6. The highest BCUT2D eigenvalue weighted by molar-refractivity contribution is 7.16. The van der Waals surface area contributed by atoms with Crippen molar-refractivity contribution in [1.82, 2.24) is 0 Å². The molecule has 378 valence electrons. The molecule has 0 saturated carbocycles. The summed E-state index contributed by atoms with van der Waals surface area (Å²) in [6.07, 6.45) is 0. The monoisotopic (exact) mass is 970 g/mol. The lowest BCUT2D eigenvalue weighted by atomic mass is 9.63. The van der Waals surface area contributed by atoms with Gasteiger partial charge in [-0.2, -0.15) is 4.89 Å². The van der Waals surface area contributed by atoms with Crippen LogP contribution in [0.5, 0.6) is 0 Å². The maximum Gasteiger partial charge on any atom is 0.491 e. The molecule has 0 heterocycles. The number of hydrogen-bond donors (Lipinski definition) is 1. The normalized spacial score (nSPS) is 13.6. The second kappa shape index (κ2) is 18.7. The van der Waals surface area contributed by atoms with Crippen LogP contribution in [0.3, 0.4) is 0 Å². The molecule has 1 unspecified atom stereocenters. The molecule has 0 spiro atoms. The molecule has 7 rings (SSSR count).